The summed E-state index contributed by atoms with van der Waals surface area (Å²) in [6.45, 7) is 6.74. The summed E-state index contributed by atoms with van der Waals surface area (Å²) >= 11 is 5.48. The van der Waals surface area contributed by atoms with Gasteiger partial charge in [-0.05, 0) is 42.6 Å². The maximum atomic E-state index is 5.48. The Morgan fingerprint density at radius 3 is 2.35 bits per heavy atom. The number of piperidine rings is 1. The van der Waals surface area contributed by atoms with Gasteiger partial charge in [0.05, 0.1) is 0 Å². The summed E-state index contributed by atoms with van der Waals surface area (Å²) < 4.78 is 0. The highest BCUT2D eigenvalue weighted by atomic mass is 32.1. The Hall–Kier alpha value is -1.09. The molecule has 1 fully saturated rings. The Kier molecular flexibility index (Phi) is 4.00. The molecule has 0 aliphatic carbocycles. The van der Waals surface area contributed by atoms with Gasteiger partial charge in [-0.1, -0.05) is 32.0 Å². The van der Waals surface area contributed by atoms with Crippen molar-refractivity contribution in [2.45, 2.75) is 20.3 Å². The molecule has 92 valence electrons. The van der Waals surface area contributed by atoms with Gasteiger partial charge in [-0.3, -0.25) is 0 Å². The van der Waals surface area contributed by atoms with E-state index in [-0.39, 0.29) is 0 Å². The first kappa shape index (κ1) is 12.4. The van der Waals surface area contributed by atoms with Crippen LogP contribution in [-0.2, 0) is 0 Å². The molecule has 1 saturated heterocycles. The van der Waals surface area contributed by atoms with Crippen LogP contribution in [0.15, 0.2) is 30.3 Å². The van der Waals surface area contributed by atoms with Crippen LogP contribution in [0, 0.1) is 11.8 Å². The lowest BCUT2D eigenvalue weighted by Crippen LogP contribution is -2.44. The zero-order chi connectivity index (χ0) is 12.3. The molecule has 0 amide bonds. The van der Waals surface area contributed by atoms with Crippen LogP contribution in [0.25, 0.3) is 0 Å². The third-order valence-electron chi connectivity index (χ3n) is 3.18. The fourth-order valence-corrected chi connectivity index (χ4v) is 2.82. The van der Waals surface area contributed by atoms with Gasteiger partial charge in [0, 0.05) is 18.8 Å². The third kappa shape index (κ3) is 3.43. The standard InChI is InChI=1S/C14H20N2S/c1-11-8-12(2)10-16(9-11)14(17)15-13-6-4-3-5-7-13/h3-7,11-12H,8-10H2,1-2H3,(H,15,17)/t11-,12+. The number of para-hydroxylation sites is 1. The first-order valence-electron chi connectivity index (χ1n) is 6.26. The molecule has 1 aromatic carbocycles. The highest BCUT2D eigenvalue weighted by molar-refractivity contribution is 7.80. The van der Waals surface area contributed by atoms with Crippen molar-refractivity contribution in [3.05, 3.63) is 30.3 Å². The second kappa shape index (κ2) is 5.50. The van der Waals surface area contributed by atoms with Crippen LogP contribution in [0.5, 0.6) is 0 Å². The Morgan fingerprint density at radius 1 is 1.18 bits per heavy atom. The molecule has 17 heavy (non-hydrogen) atoms. The Morgan fingerprint density at radius 2 is 1.76 bits per heavy atom. The highest BCUT2D eigenvalue weighted by Crippen LogP contribution is 2.21. The minimum atomic E-state index is 0.731. The maximum Gasteiger partial charge on any atom is 0.173 e. The van der Waals surface area contributed by atoms with Gasteiger partial charge in [0.15, 0.2) is 5.11 Å². The van der Waals surface area contributed by atoms with E-state index in [1.54, 1.807) is 0 Å². The van der Waals surface area contributed by atoms with Crippen molar-refractivity contribution in [2.24, 2.45) is 11.8 Å². The lowest BCUT2D eigenvalue weighted by molar-refractivity contribution is 0.216. The summed E-state index contributed by atoms with van der Waals surface area (Å²) in [4.78, 5) is 2.29. The number of likely N-dealkylation sites (tertiary alicyclic amines) is 1. The molecule has 1 N–H and O–H groups in total. The Balaban J connectivity index is 1.96. The minimum Gasteiger partial charge on any atom is -0.348 e. The van der Waals surface area contributed by atoms with Gasteiger partial charge < -0.3 is 10.2 Å². The molecule has 0 saturated carbocycles. The molecule has 2 rings (SSSR count). The maximum absolute atomic E-state index is 5.48. The van der Waals surface area contributed by atoms with Crippen molar-refractivity contribution in [1.29, 1.82) is 0 Å². The largest absolute Gasteiger partial charge is 0.348 e. The molecule has 0 bridgehead atoms. The lowest BCUT2D eigenvalue weighted by atomic mass is 9.92. The van der Waals surface area contributed by atoms with E-state index < -0.39 is 0 Å². The third-order valence-corrected chi connectivity index (χ3v) is 3.54. The monoisotopic (exact) mass is 248 g/mol. The predicted octanol–water partition coefficient (Wildman–Crippen LogP) is 3.36. The average molecular weight is 248 g/mol. The van der Waals surface area contributed by atoms with E-state index in [2.05, 4.69) is 24.1 Å². The van der Waals surface area contributed by atoms with Gasteiger partial charge in [-0.15, -0.1) is 0 Å². The van der Waals surface area contributed by atoms with Crippen molar-refractivity contribution < 1.29 is 0 Å². The molecule has 0 unspecified atom stereocenters. The Labute approximate surface area is 109 Å². The van der Waals surface area contributed by atoms with Gasteiger partial charge >= 0.3 is 0 Å². The van der Waals surface area contributed by atoms with Crippen molar-refractivity contribution in [3.63, 3.8) is 0 Å². The van der Waals surface area contributed by atoms with E-state index in [0.717, 1.165) is 35.7 Å². The molecular formula is C14H20N2S. The molecule has 1 aromatic rings. The van der Waals surface area contributed by atoms with Gasteiger partial charge in [0.25, 0.3) is 0 Å². The van der Waals surface area contributed by atoms with Crippen LogP contribution in [0.3, 0.4) is 0 Å². The highest BCUT2D eigenvalue weighted by Gasteiger charge is 2.23. The molecule has 2 atom stereocenters. The number of rotatable bonds is 1. The molecule has 1 aliphatic heterocycles. The fraction of sp³-hybridized carbons (Fsp3) is 0.500. The van der Waals surface area contributed by atoms with E-state index >= 15 is 0 Å². The van der Waals surface area contributed by atoms with Crippen LogP contribution >= 0.6 is 12.2 Å². The molecule has 0 aromatic heterocycles. The molecule has 0 spiro atoms. The summed E-state index contributed by atoms with van der Waals surface area (Å²) in [6, 6.07) is 10.1. The summed E-state index contributed by atoms with van der Waals surface area (Å²) in [5.74, 6) is 1.46. The number of anilines is 1. The quantitative estimate of drug-likeness (QED) is 0.767. The smallest absolute Gasteiger partial charge is 0.173 e. The number of nitrogens with zero attached hydrogens (tertiary/aromatic N) is 1. The van der Waals surface area contributed by atoms with Crippen molar-refractivity contribution in [3.8, 4) is 0 Å². The lowest BCUT2D eigenvalue weighted by Gasteiger charge is -2.36. The van der Waals surface area contributed by atoms with Crippen molar-refractivity contribution >= 4 is 23.0 Å². The zero-order valence-corrected chi connectivity index (χ0v) is 11.3. The number of hydrogen-bond donors (Lipinski definition) is 1. The fourth-order valence-electron chi connectivity index (χ4n) is 2.55. The van der Waals surface area contributed by atoms with E-state index in [0.29, 0.717) is 0 Å². The van der Waals surface area contributed by atoms with Gasteiger partial charge in [-0.2, -0.15) is 0 Å². The first-order chi connectivity index (χ1) is 8.15. The predicted molar refractivity (Wildman–Crippen MR) is 77.2 cm³/mol. The summed E-state index contributed by atoms with van der Waals surface area (Å²) in [7, 11) is 0. The number of hydrogen-bond acceptors (Lipinski definition) is 1. The average Bonchev–Trinajstić information content (AvgIpc) is 2.29. The van der Waals surface area contributed by atoms with E-state index in [4.69, 9.17) is 12.2 Å². The molecule has 1 heterocycles. The molecular weight excluding hydrogens is 228 g/mol. The SMILES string of the molecule is C[C@@H]1C[C@H](C)CN(C(=S)Nc2ccccc2)C1. The molecule has 2 nitrogen and oxygen atoms in total. The van der Waals surface area contributed by atoms with Crippen LogP contribution < -0.4 is 5.32 Å². The zero-order valence-electron chi connectivity index (χ0n) is 10.5. The normalized spacial score (nSPS) is 24.5. The topological polar surface area (TPSA) is 15.3 Å². The van der Waals surface area contributed by atoms with Crippen LogP contribution in [-0.4, -0.2) is 23.1 Å². The summed E-state index contributed by atoms with van der Waals surface area (Å²) in [5, 5.41) is 4.17. The van der Waals surface area contributed by atoms with Crippen LogP contribution in [0.2, 0.25) is 0 Å². The first-order valence-corrected chi connectivity index (χ1v) is 6.67. The van der Waals surface area contributed by atoms with Crippen molar-refractivity contribution in [1.82, 2.24) is 4.90 Å². The number of thiocarbonyl (C=S) groups is 1. The molecule has 3 heteroatoms. The van der Waals surface area contributed by atoms with Crippen molar-refractivity contribution in [2.75, 3.05) is 18.4 Å². The van der Waals surface area contributed by atoms with Gasteiger partial charge in [-0.25, -0.2) is 0 Å². The number of nitrogens with one attached hydrogen (secondary N) is 1. The molecule has 0 radical (unpaired) electrons. The summed E-state index contributed by atoms with van der Waals surface area (Å²) in [6.07, 6.45) is 1.31. The van der Waals surface area contributed by atoms with Gasteiger partial charge in [0.2, 0.25) is 0 Å². The van der Waals surface area contributed by atoms with E-state index in [9.17, 15) is 0 Å². The Bertz CT molecular complexity index is 367. The van der Waals surface area contributed by atoms with E-state index in [1.807, 2.05) is 30.3 Å². The van der Waals surface area contributed by atoms with Gasteiger partial charge in [0.1, 0.15) is 0 Å². The molecule has 1 aliphatic rings. The minimum absolute atomic E-state index is 0.731. The van der Waals surface area contributed by atoms with Crippen LogP contribution in [0.4, 0.5) is 5.69 Å². The summed E-state index contributed by atoms with van der Waals surface area (Å²) in [5.41, 5.74) is 1.07. The second-order valence-electron chi connectivity index (χ2n) is 5.15. The number of benzene rings is 1. The van der Waals surface area contributed by atoms with Crippen LogP contribution in [0.1, 0.15) is 20.3 Å². The van der Waals surface area contributed by atoms with E-state index in [1.165, 1.54) is 6.42 Å². The second-order valence-corrected chi connectivity index (χ2v) is 5.53.